The van der Waals surface area contributed by atoms with Crippen LogP contribution in [0.5, 0.6) is 0 Å². The summed E-state index contributed by atoms with van der Waals surface area (Å²) in [5.74, 6) is -0.489. The van der Waals surface area contributed by atoms with Crippen LogP contribution in [0.15, 0.2) is 65.8 Å². The summed E-state index contributed by atoms with van der Waals surface area (Å²) in [6.45, 7) is 0.892. The van der Waals surface area contributed by atoms with Crippen molar-refractivity contribution in [2.45, 2.75) is 25.7 Å². The van der Waals surface area contributed by atoms with Gasteiger partial charge in [0.15, 0.2) is 0 Å². The highest BCUT2D eigenvalue weighted by atomic mass is 16.5. The number of rotatable bonds is 7. The van der Waals surface area contributed by atoms with Crippen LogP contribution < -0.4 is 0 Å². The second kappa shape index (κ2) is 8.94. The predicted octanol–water partition coefficient (Wildman–Crippen LogP) is 3.19. The van der Waals surface area contributed by atoms with Crippen LogP contribution in [0.3, 0.4) is 0 Å². The molecule has 0 unspecified atom stereocenters. The first-order valence-corrected chi connectivity index (χ1v) is 8.85. The van der Waals surface area contributed by atoms with Crippen LogP contribution in [0.2, 0.25) is 0 Å². The van der Waals surface area contributed by atoms with E-state index in [0.29, 0.717) is 19.6 Å². The summed E-state index contributed by atoms with van der Waals surface area (Å²) in [4.78, 5) is 24.0. The standard InChI is InChI=1S/C21H22N2O3/c24-20(23-15-13-19(22-23)18-9-5-2-6-10-18)11-12-21(25)26-16-14-17-7-3-1-4-8-17/h1-10H,11-16H2. The van der Waals surface area contributed by atoms with Gasteiger partial charge in [0.05, 0.1) is 25.3 Å². The van der Waals surface area contributed by atoms with Gasteiger partial charge in [0.25, 0.3) is 0 Å². The van der Waals surface area contributed by atoms with Crippen LogP contribution in [0.1, 0.15) is 30.4 Å². The third-order valence-electron chi connectivity index (χ3n) is 4.24. The maximum Gasteiger partial charge on any atom is 0.306 e. The summed E-state index contributed by atoms with van der Waals surface area (Å²) in [5, 5.41) is 5.84. The normalized spacial score (nSPS) is 13.4. The monoisotopic (exact) mass is 350 g/mol. The second-order valence-corrected chi connectivity index (χ2v) is 6.14. The molecule has 1 amide bonds. The smallest absolute Gasteiger partial charge is 0.306 e. The van der Waals surface area contributed by atoms with Gasteiger partial charge in [-0.15, -0.1) is 0 Å². The average molecular weight is 350 g/mol. The first-order valence-electron chi connectivity index (χ1n) is 8.85. The molecule has 1 heterocycles. The first-order chi connectivity index (χ1) is 12.7. The Kier molecular flexibility index (Phi) is 6.14. The summed E-state index contributed by atoms with van der Waals surface area (Å²) in [7, 11) is 0. The number of hydrogen-bond acceptors (Lipinski definition) is 4. The Hall–Kier alpha value is -2.95. The number of amides is 1. The molecule has 26 heavy (non-hydrogen) atoms. The zero-order valence-electron chi connectivity index (χ0n) is 14.6. The van der Waals surface area contributed by atoms with E-state index in [2.05, 4.69) is 5.10 Å². The van der Waals surface area contributed by atoms with Crippen LogP contribution in [-0.4, -0.2) is 35.7 Å². The highest BCUT2D eigenvalue weighted by Crippen LogP contribution is 2.15. The van der Waals surface area contributed by atoms with Crippen molar-refractivity contribution < 1.29 is 14.3 Å². The quantitative estimate of drug-likeness (QED) is 0.721. The lowest BCUT2D eigenvalue weighted by atomic mass is 10.1. The molecule has 0 aromatic heterocycles. The van der Waals surface area contributed by atoms with E-state index in [9.17, 15) is 9.59 Å². The SMILES string of the molecule is O=C(CCC(=O)N1CCC(c2ccccc2)=N1)OCCc1ccccc1. The number of hydrogen-bond donors (Lipinski definition) is 0. The lowest BCUT2D eigenvalue weighted by Crippen LogP contribution is -2.24. The number of carbonyl (C=O) groups excluding carboxylic acids is 2. The van der Waals surface area contributed by atoms with Gasteiger partial charge in [-0.3, -0.25) is 9.59 Å². The van der Waals surface area contributed by atoms with Crippen LogP contribution in [-0.2, 0) is 20.7 Å². The molecule has 0 saturated heterocycles. The third-order valence-corrected chi connectivity index (χ3v) is 4.24. The van der Waals surface area contributed by atoms with Crippen molar-refractivity contribution in [2.24, 2.45) is 5.10 Å². The molecule has 0 saturated carbocycles. The third kappa shape index (κ3) is 5.02. The summed E-state index contributed by atoms with van der Waals surface area (Å²) in [6, 6.07) is 19.7. The van der Waals surface area contributed by atoms with Crippen molar-refractivity contribution >= 4 is 17.6 Å². The van der Waals surface area contributed by atoms with Gasteiger partial charge < -0.3 is 4.74 Å². The predicted molar refractivity (Wildman–Crippen MR) is 99.6 cm³/mol. The summed E-state index contributed by atoms with van der Waals surface area (Å²) >= 11 is 0. The van der Waals surface area contributed by atoms with Crippen molar-refractivity contribution in [1.82, 2.24) is 5.01 Å². The van der Waals surface area contributed by atoms with Crippen molar-refractivity contribution in [2.75, 3.05) is 13.2 Å². The van der Waals surface area contributed by atoms with Gasteiger partial charge in [0, 0.05) is 19.3 Å². The number of nitrogens with zero attached hydrogens (tertiary/aromatic N) is 2. The minimum atomic E-state index is -0.347. The lowest BCUT2D eigenvalue weighted by Gasteiger charge is -2.11. The Labute approximate surface area is 153 Å². The zero-order valence-corrected chi connectivity index (χ0v) is 14.6. The Morgan fingerprint density at radius 3 is 2.38 bits per heavy atom. The highest BCUT2D eigenvalue weighted by Gasteiger charge is 2.22. The molecule has 2 aromatic carbocycles. The zero-order chi connectivity index (χ0) is 18.2. The Balaban J connectivity index is 1.40. The van der Waals surface area contributed by atoms with Gasteiger partial charge in [0.1, 0.15) is 0 Å². The van der Waals surface area contributed by atoms with Crippen molar-refractivity contribution in [1.29, 1.82) is 0 Å². The fourth-order valence-electron chi connectivity index (χ4n) is 2.81. The second-order valence-electron chi connectivity index (χ2n) is 6.14. The lowest BCUT2D eigenvalue weighted by molar-refractivity contribution is -0.146. The molecule has 5 heteroatoms. The summed E-state index contributed by atoms with van der Waals surface area (Å²) < 4.78 is 5.20. The minimum Gasteiger partial charge on any atom is -0.465 e. The molecule has 2 aromatic rings. The molecule has 134 valence electrons. The Morgan fingerprint density at radius 2 is 1.65 bits per heavy atom. The first kappa shape index (κ1) is 17.9. The molecular weight excluding hydrogens is 328 g/mol. The molecule has 0 atom stereocenters. The Bertz CT molecular complexity index is 772. The van der Waals surface area contributed by atoms with Crippen molar-refractivity contribution in [3.8, 4) is 0 Å². The molecule has 0 aliphatic carbocycles. The fourth-order valence-corrected chi connectivity index (χ4v) is 2.81. The maximum atomic E-state index is 12.2. The van der Waals surface area contributed by atoms with Gasteiger partial charge in [-0.1, -0.05) is 60.7 Å². The summed E-state index contributed by atoms with van der Waals surface area (Å²) in [6.07, 6.45) is 1.62. The van der Waals surface area contributed by atoms with Gasteiger partial charge in [-0.25, -0.2) is 5.01 Å². The minimum absolute atomic E-state index is 0.0836. The van der Waals surface area contributed by atoms with E-state index < -0.39 is 0 Å². The van der Waals surface area contributed by atoms with E-state index in [1.807, 2.05) is 60.7 Å². The van der Waals surface area contributed by atoms with Crippen molar-refractivity contribution in [3.63, 3.8) is 0 Å². The van der Waals surface area contributed by atoms with E-state index in [1.165, 1.54) is 5.01 Å². The molecule has 0 fully saturated rings. The molecule has 0 N–H and O–H groups in total. The maximum absolute atomic E-state index is 12.2. The van der Waals surface area contributed by atoms with E-state index in [1.54, 1.807) is 0 Å². The molecule has 0 spiro atoms. The average Bonchev–Trinajstić information content (AvgIpc) is 3.18. The van der Waals surface area contributed by atoms with E-state index in [0.717, 1.165) is 23.3 Å². The van der Waals surface area contributed by atoms with Crippen LogP contribution >= 0.6 is 0 Å². The number of ether oxygens (including phenoxy) is 1. The van der Waals surface area contributed by atoms with Gasteiger partial charge in [0.2, 0.25) is 5.91 Å². The molecule has 1 aliphatic rings. The molecule has 0 radical (unpaired) electrons. The molecule has 5 nitrogen and oxygen atoms in total. The van der Waals surface area contributed by atoms with Crippen LogP contribution in [0.4, 0.5) is 0 Å². The highest BCUT2D eigenvalue weighted by molar-refractivity contribution is 6.02. The Morgan fingerprint density at radius 1 is 0.962 bits per heavy atom. The van der Waals surface area contributed by atoms with Crippen LogP contribution in [0, 0.1) is 0 Å². The van der Waals surface area contributed by atoms with Crippen molar-refractivity contribution in [3.05, 3.63) is 71.8 Å². The largest absolute Gasteiger partial charge is 0.465 e. The molecular formula is C21H22N2O3. The number of esters is 1. The number of carbonyl (C=O) groups is 2. The summed E-state index contributed by atoms with van der Waals surface area (Å²) in [5.41, 5.74) is 3.06. The molecule has 3 rings (SSSR count). The van der Waals surface area contributed by atoms with Gasteiger partial charge >= 0.3 is 5.97 Å². The topological polar surface area (TPSA) is 59.0 Å². The van der Waals surface area contributed by atoms with Gasteiger partial charge in [-0.05, 0) is 11.1 Å². The van der Waals surface area contributed by atoms with Crippen LogP contribution in [0.25, 0.3) is 0 Å². The number of hydrazone groups is 1. The molecule has 0 bridgehead atoms. The number of benzene rings is 2. The fraction of sp³-hybridized carbons (Fsp3) is 0.286. The van der Waals surface area contributed by atoms with E-state index in [4.69, 9.17) is 4.74 Å². The molecule has 1 aliphatic heterocycles. The van der Waals surface area contributed by atoms with Gasteiger partial charge in [-0.2, -0.15) is 5.10 Å². The van der Waals surface area contributed by atoms with E-state index in [-0.39, 0.29) is 24.7 Å². The van der Waals surface area contributed by atoms with E-state index >= 15 is 0 Å².